The fourth-order valence-electron chi connectivity index (χ4n) is 2.11. The van der Waals surface area contributed by atoms with Gasteiger partial charge in [-0.2, -0.15) is 5.10 Å². The standard InChI is InChI=1S/C15H20N4O/c1-11-9-13(16-3)5-6-14(11)15(20)18-12(2)10-19-8-4-7-17-19/h4-9,12,16H,10H2,1-3H3,(H,18,20). The molecule has 0 saturated heterocycles. The van der Waals surface area contributed by atoms with Crippen LogP contribution in [0.25, 0.3) is 0 Å². The lowest BCUT2D eigenvalue weighted by molar-refractivity contribution is 0.0935. The largest absolute Gasteiger partial charge is 0.388 e. The number of amides is 1. The van der Waals surface area contributed by atoms with Crippen molar-refractivity contribution in [3.05, 3.63) is 47.8 Å². The summed E-state index contributed by atoms with van der Waals surface area (Å²) < 4.78 is 1.81. The Kier molecular flexibility index (Phi) is 4.40. The Morgan fingerprint density at radius 2 is 2.25 bits per heavy atom. The van der Waals surface area contributed by atoms with Gasteiger partial charge in [-0.1, -0.05) is 0 Å². The predicted octanol–water partition coefficient (Wildman–Crippen LogP) is 2.05. The molecule has 2 aromatic rings. The Labute approximate surface area is 119 Å². The molecule has 2 rings (SSSR count). The molecular weight excluding hydrogens is 252 g/mol. The molecule has 5 heteroatoms. The van der Waals surface area contributed by atoms with E-state index in [4.69, 9.17) is 0 Å². The Bertz CT molecular complexity index is 578. The van der Waals surface area contributed by atoms with Crippen molar-refractivity contribution in [1.82, 2.24) is 15.1 Å². The molecule has 1 aromatic heterocycles. The summed E-state index contributed by atoms with van der Waals surface area (Å²) in [6, 6.07) is 7.60. The van der Waals surface area contributed by atoms with E-state index in [-0.39, 0.29) is 11.9 Å². The molecule has 1 atom stereocenters. The van der Waals surface area contributed by atoms with Crippen molar-refractivity contribution in [2.75, 3.05) is 12.4 Å². The summed E-state index contributed by atoms with van der Waals surface area (Å²) in [5, 5.41) is 10.2. The number of anilines is 1. The third kappa shape index (κ3) is 3.38. The van der Waals surface area contributed by atoms with E-state index in [9.17, 15) is 4.79 Å². The van der Waals surface area contributed by atoms with E-state index in [1.165, 1.54) is 0 Å². The molecule has 2 N–H and O–H groups in total. The highest BCUT2D eigenvalue weighted by atomic mass is 16.1. The van der Waals surface area contributed by atoms with Crippen LogP contribution in [0.4, 0.5) is 5.69 Å². The van der Waals surface area contributed by atoms with Gasteiger partial charge in [-0.25, -0.2) is 0 Å². The number of carbonyl (C=O) groups excluding carboxylic acids is 1. The van der Waals surface area contributed by atoms with Gasteiger partial charge in [0.05, 0.1) is 6.54 Å². The highest BCUT2D eigenvalue weighted by Gasteiger charge is 2.12. The van der Waals surface area contributed by atoms with E-state index < -0.39 is 0 Å². The zero-order chi connectivity index (χ0) is 14.5. The van der Waals surface area contributed by atoms with Crippen LogP contribution >= 0.6 is 0 Å². The molecular formula is C15H20N4O. The first kappa shape index (κ1) is 14.1. The number of aryl methyl sites for hydroxylation is 1. The Hall–Kier alpha value is -2.30. The maximum atomic E-state index is 12.2. The molecule has 0 bridgehead atoms. The minimum atomic E-state index is -0.0511. The highest BCUT2D eigenvalue weighted by Crippen LogP contribution is 2.14. The Balaban J connectivity index is 2.00. The van der Waals surface area contributed by atoms with Crippen LogP contribution in [-0.4, -0.2) is 28.8 Å². The molecule has 0 fully saturated rings. The van der Waals surface area contributed by atoms with E-state index in [1.807, 2.05) is 56.0 Å². The van der Waals surface area contributed by atoms with Gasteiger partial charge in [0.15, 0.2) is 0 Å². The maximum absolute atomic E-state index is 12.2. The van der Waals surface area contributed by atoms with Crippen LogP contribution in [0.2, 0.25) is 0 Å². The Morgan fingerprint density at radius 1 is 1.45 bits per heavy atom. The van der Waals surface area contributed by atoms with Crippen LogP contribution in [0.5, 0.6) is 0 Å². The maximum Gasteiger partial charge on any atom is 0.251 e. The average Bonchev–Trinajstić information content (AvgIpc) is 2.90. The number of rotatable bonds is 5. The zero-order valence-corrected chi connectivity index (χ0v) is 12.1. The van der Waals surface area contributed by atoms with Crippen molar-refractivity contribution in [2.45, 2.75) is 26.4 Å². The first-order valence-corrected chi connectivity index (χ1v) is 6.67. The van der Waals surface area contributed by atoms with E-state index in [1.54, 1.807) is 6.20 Å². The van der Waals surface area contributed by atoms with Crippen molar-refractivity contribution >= 4 is 11.6 Å². The molecule has 1 heterocycles. The van der Waals surface area contributed by atoms with Gasteiger partial charge in [0.1, 0.15) is 0 Å². The molecule has 5 nitrogen and oxygen atoms in total. The van der Waals surface area contributed by atoms with Crippen molar-refractivity contribution in [3.63, 3.8) is 0 Å². The van der Waals surface area contributed by atoms with Crippen molar-refractivity contribution in [1.29, 1.82) is 0 Å². The average molecular weight is 272 g/mol. The second kappa shape index (κ2) is 6.23. The lowest BCUT2D eigenvalue weighted by Gasteiger charge is -2.15. The van der Waals surface area contributed by atoms with Crippen molar-refractivity contribution in [3.8, 4) is 0 Å². The lowest BCUT2D eigenvalue weighted by atomic mass is 10.1. The number of nitrogens with one attached hydrogen (secondary N) is 2. The molecule has 1 amide bonds. The van der Waals surface area contributed by atoms with Crippen molar-refractivity contribution in [2.24, 2.45) is 0 Å². The van der Waals surface area contributed by atoms with E-state index >= 15 is 0 Å². The Morgan fingerprint density at radius 3 is 2.85 bits per heavy atom. The van der Waals surface area contributed by atoms with Crippen molar-refractivity contribution < 1.29 is 4.79 Å². The monoisotopic (exact) mass is 272 g/mol. The fourth-order valence-corrected chi connectivity index (χ4v) is 2.11. The van der Waals surface area contributed by atoms with Gasteiger partial charge in [-0.05, 0) is 43.7 Å². The number of hydrogen-bond donors (Lipinski definition) is 2. The summed E-state index contributed by atoms with van der Waals surface area (Å²) in [5.41, 5.74) is 2.67. The second-order valence-electron chi connectivity index (χ2n) is 4.88. The van der Waals surface area contributed by atoms with Crippen LogP contribution in [-0.2, 0) is 6.54 Å². The van der Waals surface area contributed by atoms with Gasteiger partial charge in [0.2, 0.25) is 0 Å². The quantitative estimate of drug-likeness (QED) is 0.876. The molecule has 20 heavy (non-hydrogen) atoms. The third-order valence-corrected chi connectivity index (χ3v) is 3.16. The topological polar surface area (TPSA) is 59.0 Å². The number of benzene rings is 1. The normalized spacial score (nSPS) is 11.9. The molecule has 106 valence electrons. The van der Waals surface area contributed by atoms with Gasteiger partial charge in [0.25, 0.3) is 5.91 Å². The molecule has 0 spiro atoms. The van der Waals surface area contributed by atoms with Crippen LogP contribution in [0.15, 0.2) is 36.7 Å². The first-order valence-electron chi connectivity index (χ1n) is 6.67. The summed E-state index contributed by atoms with van der Waals surface area (Å²) in [6.45, 7) is 4.57. The summed E-state index contributed by atoms with van der Waals surface area (Å²) in [6.07, 6.45) is 3.62. The number of hydrogen-bond acceptors (Lipinski definition) is 3. The number of aromatic nitrogens is 2. The highest BCUT2D eigenvalue weighted by molar-refractivity contribution is 5.96. The SMILES string of the molecule is CNc1ccc(C(=O)NC(C)Cn2cccn2)c(C)c1. The fraction of sp³-hybridized carbons (Fsp3) is 0.333. The van der Waals surface area contributed by atoms with Crippen LogP contribution < -0.4 is 10.6 Å². The molecule has 0 aliphatic rings. The van der Waals surface area contributed by atoms with Gasteiger partial charge in [-0.3, -0.25) is 9.48 Å². The summed E-state index contributed by atoms with van der Waals surface area (Å²) in [4.78, 5) is 12.2. The van der Waals surface area contributed by atoms with E-state index in [0.717, 1.165) is 11.3 Å². The number of carbonyl (C=O) groups is 1. The van der Waals surface area contributed by atoms with Gasteiger partial charge in [-0.15, -0.1) is 0 Å². The van der Waals surface area contributed by atoms with Gasteiger partial charge in [0, 0.05) is 36.7 Å². The van der Waals surface area contributed by atoms with Gasteiger partial charge < -0.3 is 10.6 Å². The molecule has 0 saturated carbocycles. The summed E-state index contributed by atoms with van der Waals surface area (Å²) >= 11 is 0. The van der Waals surface area contributed by atoms with Crippen LogP contribution in [0.1, 0.15) is 22.8 Å². The summed E-state index contributed by atoms with van der Waals surface area (Å²) in [7, 11) is 1.86. The minimum Gasteiger partial charge on any atom is -0.388 e. The lowest BCUT2D eigenvalue weighted by Crippen LogP contribution is -2.36. The minimum absolute atomic E-state index is 0.0192. The third-order valence-electron chi connectivity index (χ3n) is 3.16. The number of nitrogens with zero attached hydrogens (tertiary/aromatic N) is 2. The molecule has 0 aliphatic heterocycles. The van der Waals surface area contributed by atoms with Gasteiger partial charge >= 0.3 is 0 Å². The second-order valence-corrected chi connectivity index (χ2v) is 4.88. The molecule has 1 unspecified atom stereocenters. The van der Waals surface area contributed by atoms with Crippen LogP contribution in [0, 0.1) is 6.92 Å². The zero-order valence-electron chi connectivity index (χ0n) is 12.1. The molecule has 0 aliphatic carbocycles. The molecule has 0 radical (unpaired) electrons. The summed E-state index contributed by atoms with van der Waals surface area (Å²) in [5.74, 6) is -0.0511. The smallest absolute Gasteiger partial charge is 0.251 e. The van der Waals surface area contributed by atoms with Crippen LogP contribution in [0.3, 0.4) is 0 Å². The van der Waals surface area contributed by atoms with E-state index in [0.29, 0.717) is 12.1 Å². The molecule has 1 aromatic carbocycles. The predicted molar refractivity (Wildman–Crippen MR) is 79.9 cm³/mol. The first-order chi connectivity index (χ1) is 9.60. The van der Waals surface area contributed by atoms with E-state index in [2.05, 4.69) is 15.7 Å².